The van der Waals surface area contributed by atoms with Gasteiger partial charge in [0.25, 0.3) is 0 Å². The average molecular weight is 307 g/mol. The Morgan fingerprint density at radius 3 is 2.41 bits per heavy atom. The predicted molar refractivity (Wildman–Crippen MR) is 88.0 cm³/mol. The summed E-state index contributed by atoms with van der Waals surface area (Å²) in [5.41, 5.74) is 1.20. The molecule has 1 fully saturated rings. The number of hydrogen-bond acceptors (Lipinski definition) is 3. The molecule has 1 aromatic rings. The number of amides is 2. The smallest absolute Gasteiger partial charge is 0.317 e. The number of nitrogens with one attached hydrogen (secondary N) is 1. The first kappa shape index (κ1) is 16.9. The molecule has 0 spiro atoms. The van der Waals surface area contributed by atoms with Crippen LogP contribution in [0.15, 0.2) is 10.5 Å². The van der Waals surface area contributed by atoms with Crippen LogP contribution in [-0.2, 0) is 0 Å². The largest absolute Gasteiger partial charge is 0.466 e. The van der Waals surface area contributed by atoms with Crippen LogP contribution in [0, 0.1) is 13.8 Å². The molecule has 0 aromatic carbocycles. The number of likely N-dealkylation sites (N-methyl/N-ethyl adjacent to an activating group) is 2. The predicted octanol–water partition coefficient (Wildman–Crippen LogP) is 3.08. The van der Waals surface area contributed by atoms with Gasteiger partial charge in [-0.05, 0) is 60.2 Å². The molecule has 2 rings (SSSR count). The highest BCUT2D eigenvalue weighted by Gasteiger charge is 2.40. The fourth-order valence-corrected chi connectivity index (χ4v) is 3.30. The second kappa shape index (κ2) is 6.32. The topological polar surface area (TPSA) is 48.7 Å². The van der Waals surface area contributed by atoms with Crippen molar-refractivity contribution in [3.63, 3.8) is 0 Å². The van der Waals surface area contributed by atoms with E-state index in [2.05, 4.69) is 24.3 Å². The van der Waals surface area contributed by atoms with Crippen molar-refractivity contribution < 1.29 is 9.21 Å². The zero-order valence-corrected chi connectivity index (χ0v) is 14.7. The minimum absolute atomic E-state index is 0.0288. The van der Waals surface area contributed by atoms with Gasteiger partial charge < -0.3 is 19.5 Å². The number of furan rings is 1. The van der Waals surface area contributed by atoms with Gasteiger partial charge in [-0.3, -0.25) is 0 Å². The summed E-state index contributed by atoms with van der Waals surface area (Å²) in [5.74, 6) is 1.75. The Bertz CT molecular complexity index is 532. The zero-order chi connectivity index (χ0) is 16.5. The fourth-order valence-electron chi connectivity index (χ4n) is 3.30. The summed E-state index contributed by atoms with van der Waals surface area (Å²) in [4.78, 5) is 16.5. The average Bonchev–Trinajstić information content (AvgIpc) is 2.72. The Morgan fingerprint density at radius 2 is 2.00 bits per heavy atom. The van der Waals surface area contributed by atoms with E-state index in [0.29, 0.717) is 0 Å². The highest BCUT2D eigenvalue weighted by molar-refractivity contribution is 5.74. The summed E-state index contributed by atoms with van der Waals surface area (Å²) in [6, 6.07) is 1.91. The second-order valence-corrected chi connectivity index (χ2v) is 6.87. The van der Waals surface area contributed by atoms with Gasteiger partial charge in [0.2, 0.25) is 0 Å². The molecule has 124 valence electrons. The van der Waals surface area contributed by atoms with E-state index < -0.39 is 0 Å². The van der Waals surface area contributed by atoms with Gasteiger partial charge in [-0.15, -0.1) is 0 Å². The maximum absolute atomic E-state index is 12.5. The van der Waals surface area contributed by atoms with Gasteiger partial charge >= 0.3 is 6.03 Å². The maximum Gasteiger partial charge on any atom is 0.317 e. The van der Waals surface area contributed by atoms with Crippen LogP contribution in [0.3, 0.4) is 0 Å². The molecule has 5 heteroatoms. The molecule has 1 heterocycles. The standard InChI is InChI=1S/C17H29N3O2/c1-12-10-15(14(3)22-12)13(2)18-16(21)20(6)11-17(19(4)5)8-7-9-17/h10,13H,7-9,11H2,1-6H3,(H,18,21)/t13-/m0/s1. The molecule has 1 aliphatic rings. The first-order valence-corrected chi connectivity index (χ1v) is 8.01. The molecule has 5 nitrogen and oxygen atoms in total. The molecule has 0 radical (unpaired) electrons. The molecule has 0 unspecified atom stereocenters. The first-order valence-electron chi connectivity index (χ1n) is 8.01. The van der Waals surface area contributed by atoms with Gasteiger partial charge in [0, 0.05) is 24.7 Å². The lowest BCUT2D eigenvalue weighted by molar-refractivity contribution is 0.0361. The van der Waals surface area contributed by atoms with Gasteiger partial charge in [0.1, 0.15) is 11.5 Å². The number of urea groups is 1. The Kier molecular flexibility index (Phi) is 4.85. The lowest BCUT2D eigenvalue weighted by atomic mass is 9.75. The highest BCUT2D eigenvalue weighted by Crippen LogP contribution is 2.36. The molecule has 1 atom stereocenters. The molecule has 0 bridgehead atoms. The van der Waals surface area contributed by atoms with Crippen molar-refractivity contribution in [2.45, 2.75) is 51.6 Å². The van der Waals surface area contributed by atoms with Crippen molar-refractivity contribution in [2.24, 2.45) is 0 Å². The lowest BCUT2D eigenvalue weighted by Gasteiger charge is -2.49. The van der Waals surface area contributed by atoms with Crippen LogP contribution < -0.4 is 5.32 Å². The lowest BCUT2D eigenvalue weighted by Crippen LogP contribution is -2.58. The van der Waals surface area contributed by atoms with Gasteiger partial charge in [-0.25, -0.2) is 4.79 Å². The quantitative estimate of drug-likeness (QED) is 0.909. The van der Waals surface area contributed by atoms with Crippen LogP contribution in [0.5, 0.6) is 0 Å². The van der Waals surface area contributed by atoms with E-state index in [1.165, 1.54) is 6.42 Å². The van der Waals surface area contributed by atoms with Crippen molar-refractivity contribution in [3.8, 4) is 0 Å². The van der Waals surface area contributed by atoms with Crippen LogP contribution in [-0.4, -0.2) is 49.1 Å². The third-order valence-corrected chi connectivity index (χ3v) is 5.00. The van der Waals surface area contributed by atoms with Gasteiger partial charge in [0.15, 0.2) is 0 Å². The second-order valence-electron chi connectivity index (χ2n) is 6.87. The minimum Gasteiger partial charge on any atom is -0.466 e. The van der Waals surface area contributed by atoms with E-state index in [0.717, 1.165) is 36.5 Å². The summed E-state index contributed by atoms with van der Waals surface area (Å²) < 4.78 is 5.54. The van der Waals surface area contributed by atoms with Crippen LogP contribution >= 0.6 is 0 Å². The number of rotatable bonds is 5. The van der Waals surface area contributed by atoms with E-state index in [1.54, 1.807) is 4.90 Å². The number of carbonyl (C=O) groups excluding carboxylic acids is 1. The Hall–Kier alpha value is -1.49. The summed E-state index contributed by atoms with van der Waals surface area (Å²) in [7, 11) is 6.08. The summed E-state index contributed by atoms with van der Waals surface area (Å²) in [6.07, 6.45) is 3.57. The first-order chi connectivity index (χ1) is 10.2. The van der Waals surface area contributed by atoms with Crippen LogP contribution in [0.25, 0.3) is 0 Å². The van der Waals surface area contributed by atoms with E-state index in [-0.39, 0.29) is 17.6 Å². The van der Waals surface area contributed by atoms with E-state index in [9.17, 15) is 4.79 Å². The molecule has 1 aromatic heterocycles. The third kappa shape index (κ3) is 3.29. The molecule has 0 saturated heterocycles. The molecule has 1 saturated carbocycles. The van der Waals surface area contributed by atoms with Crippen molar-refractivity contribution in [1.29, 1.82) is 0 Å². The van der Waals surface area contributed by atoms with Crippen molar-refractivity contribution in [2.75, 3.05) is 27.7 Å². The normalized spacial score (nSPS) is 18.0. The Labute approximate surface area is 133 Å². The fraction of sp³-hybridized carbons (Fsp3) is 0.706. The molecule has 1 N–H and O–H groups in total. The molecule has 0 aliphatic heterocycles. The van der Waals surface area contributed by atoms with Gasteiger partial charge in [-0.1, -0.05) is 0 Å². The molecular formula is C17H29N3O2. The van der Waals surface area contributed by atoms with E-state index in [1.807, 2.05) is 33.9 Å². The van der Waals surface area contributed by atoms with Crippen LogP contribution in [0.4, 0.5) is 4.79 Å². The minimum atomic E-state index is -0.0518. The van der Waals surface area contributed by atoms with E-state index in [4.69, 9.17) is 4.42 Å². The zero-order valence-electron chi connectivity index (χ0n) is 14.7. The van der Waals surface area contributed by atoms with E-state index >= 15 is 0 Å². The molecule has 2 amide bonds. The highest BCUT2D eigenvalue weighted by atomic mass is 16.3. The van der Waals surface area contributed by atoms with Gasteiger partial charge in [0.05, 0.1) is 6.04 Å². The SMILES string of the molecule is Cc1cc([C@H](C)NC(=O)N(C)CC2(N(C)C)CCC2)c(C)o1. The number of hydrogen-bond donors (Lipinski definition) is 1. The third-order valence-electron chi connectivity index (χ3n) is 5.00. The Balaban J connectivity index is 1.95. The molecule has 1 aliphatic carbocycles. The Morgan fingerprint density at radius 1 is 1.36 bits per heavy atom. The summed E-state index contributed by atoms with van der Waals surface area (Å²) in [6.45, 7) is 6.62. The summed E-state index contributed by atoms with van der Waals surface area (Å²) in [5, 5.41) is 3.07. The number of carbonyl (C=O) groups is 1. The van der Waals surface area contributed by atoms with Crippen molar-refractivity contribution in [1.82, 2.24) is 15.1 Å². The number of aryl methyl sites for hydroxylation is 2. The molecule has 22 heavy (non-hydrogen) atoms. The van der Waals surface area contributed by atoms with Gasteiger partial charge in [-0.2, -0.15) is 0 Å². The molecular weight excluding hydrogens is 278 g/mol. The van der Waals surface area contributed by atoms with Crippen LogP contribution in [0.2, 0.25) is 0 Å². The van der Waals surface area contributed by atoms with Crippen molar-refractivity contribution >= 4 is 6.03 Å². The monoisotopic (exact) mass is 307 g/mol. The van der Waals surface area contributed by atoms with Crippen molar-refractivity contribution in [3.05, 3.63) is 23.2 Å². The van der Waals surface area contributed by atoms with Crippen LogP contribution in [0.1, 0.15) is 49.3 Å². The maximum atomic E-state index is 12.5. The number of nitrogens with zero attached hydrogens (tertiary/aromatic N) is 2. The summed E-state index contributed by atoms with van der Waals surface area (Å²) >= 11 is 0.